The third-order valence-corrected chi connectivity index (χ3v) is 3.69. The molecule has 0 fully saturated rings. The van der Waals surface area contributed by atoms with Crippen molar-refractivity contribution in [3.05, 3.63) is 28.5 Å². The smallest absolute Gasteiger partial charge is 0.306 e. The highest BCUT2D eigenvalue weighted by atomic mass is 79.9. The molecule has 2 unspecified atom stereocenters. The first-order chi connectivity index (χ1) is 9.41. The number of aliphatic carboxylic acids is 1. The number of amides is 1. The van der Waals surface area contributed by atoms with Crippen molar-refractivity contribution < 1.29 is 14.7 Å². The monoisotopic (exact) mass is 342 g/mol. The summed E-state index contributed by atoms with van der Waals surface area (Å²) in [6.45, 7) is 3.59. The second-order valence-corrected chi connectivity index (χ2v) is 5.73. The summed E-state index contributed by atoms with van der Waals surface area (Å²) in [5, 5.41) is 11.6. The van der Waals surface area contributed by atoms with Gasteiger partial charge in [-0.3, -0.25) is 9.59 Å². The molecular weight excluding hydrogens is 324 g/mol. The number of hydrogen-bond acceptors (Lipinski definition) is 3. The summed E-state index contributed by atoms with van der Waals surface area (Å²) in [7, 11) is 0. The van der Waals surface area contributed by atoms with E-state index < -0.39 is 5.97 Å². The lowest BCUT2D eigenvalue weighted by molar-refractivity contribution is -0.141. The van der Waals surface area contributed by atoms with Crippen LogP contribution in [0.1, 0.15) is 43.6 Å². The van der Waals surface area contributed by atoms with Crippen molar-refractivity contribution in [2.45, 2.75) is 39.2 Å². The second kappa shape index (κ2) is 7.99. The first kappa shape index (κ1) is 16.6. The summed E-state index contributed by atoms with van der Waals surface area (Å²) in [6.07, 6.45) is 3.69. The van der Waals surface area contributed by atoms with Gasteiger partial charge in [0.15, 0.2) is 0 Å². The fourth-order valence-corrected chi connectivity index (χ4v) is 2.21. The van der Waals surface area contributed by atoms with Gasteiger partial charge in [0.1, 0.15) is 5.69 Å². The predicted molar refractivity (Wildman–Crippen MR) is 79.5 cm³/mol. The van der Waals surface area contributed by atoms with Crippen LogP contribution >= 0.6 is 15.9 Å². The van der Waals surface area contributed by atoms with Gasteiger partial charge in [-0.15, -0.1) is 0 Å². The molecule has 0 aliphatic carbocycles. The number of nitrogens with one attached hydrogen (secondary N) is 1. The molecule has 1 aromatic rings. The molecule has 0 spiro atoms. The van der Waals surface area contributed by atoms with Gasteiger partial charge in [0.2, 0.25) is 0 Å². The molecule has 1 rings (SSSR count). The largest absolute Gasteiger partial charge is 0.481 e. The molecule has 0 bridgehead atoms. The summed E-state index contributed by atoms with van der Waals surface area (Å²) in [5.74, 6) is -1.35. The van der Waals surface area contributed by atoms with E-state index in [0.29, 0.717) is 16.6 Å². The van der Waals surface area contributed by atoms with Gasteiger partial charge in [0.05, 0.1) is 5.92 Å². The minimum atomic E-state index is -0.779. The van der Waals surface area contributed by atoms with Crippen LogP contribution in [-0.2, 0) is 4.79 Å². The van der Waals surface area contributed by atoms with Crippen molar-refractivity contribution in [1.82, 2.24) is 10.3 Å². The third-order valence-electron chi connectivity index (χ3n) is 3.05. The second-order valence-electron chi connectivity index (χ2n) is 4.88. The summed E-state index contributed by atoms with van der Waals surface area (Å²) in [5.41, 5.74) is 0.359. The topological polar surface area (TPSA) is 79.3 Å². The van der Waals surface area contributed by atoms with Crippen LogP contribution in [0.3, 0.4) is 0 Å². The Bertz CT molecular complexity index is 479. The highest BCUT2D eigenvalue weighted by Crippen LogP contribution is 2.14. The lowest BCUT2D eigenvalue weighted by atomic mass is 10.0. The van der Waals surface area contributed by atoms with E-state index in [4.69, 9.17) is 5.11 Å². The Morgan fingerprint density at radius 2 is 2.10 bits per heavy atom. The number of aromatic nitrogens is 1. The molecule has 0 radical (unpaired) electrons. The SMILES string of the molecule is CC(CCCC(C)C(=O)O)NC(=O)c1ncccc1Br. The number of nitrogens with zero attached hydrogens (tertiary/aromatic N) is 1. The number of carboxylic acid groups (broad SMARTS) is 1. The van der Waals surface area contributed by atoms with Crippen LogP contribution < -0.4 is 5.32 Å². The number of halogens is 1. The van der Waals surface area contributed by atoms with Crippen molar-refractivity contribution in [1.29, 1.82) is 0 Å². The third kappa shape index (κ3) is 5.28. The summed E-state index contributed by atoms with van der Waals surface area (Å²) < 4.78 is 0.657. The molecule has 1 aromatic heterocycles. The van der Waals surface area contributed by atoms with Gasteiger partial charge in [0.25, 0.3) is 5.91 Å². The summed E-state index contributed by atoms with van der Waals surface area (Å²) >= 11 is 3.29. The van der Waals surface area contributed by atoms with Crippen LogP contribution in [-0.4, -0.2) is 28.0 Å². The van der Waals surface area contributed by atoms with Gasteiger partial charge < -0.3 is 10.4 Å². The number of carboxylic acids is 1. The number of carbonyl (C=O) groups excluding carboxylic acids is 1. The van der Waals surface area contributed by atoms with Crippen LogP contribution in [0.5, 0.6) is 0 Å². The van der Waals surface area contributed by atoms with E-state index in [1.165, 1.54) is 0 Å². The Labute approximate surface area is 126 Å². The number of hydrogen-bond donors (Lipinski definition) is 2. The maximum Gasteiger partial charge on any atom is 0.306 e. The molecule has 6 heteroatoms. The van der Waals surface area contributed by atoms with Crippen LogP contribution in [0.25, 0.3) is 0 Å². The normalized spacial score (nSPS) is 13.6. The minimum absolute atomic E-state index is 0.0163. The number of pyridine rings is 1. The Balaban J connectivity index is 2.39. The molecule has 1 amide bonds. The molecule has 1 heterocycles. The molecule has 2 N–H and O–H groups in total. The van der Waals surface area contributed by atoms with E-state index in [1.54, 1.807) is 25.3 Å². The van der Waals surface area contributed by atoms with Crippen molar-refractivity contribution in [2.75, 3.05) is 0 Å². The zero-order valence-electron chi connectivity index (χ0n) is 11.6. The first-order valence-corrected chi connectivity index (χ1v) is 7.35. The highest BCUT2D eigenvalue weighted by Gasteiger charge is 2.15. The van der Waals surface area contributed by atoms with E-state index in [9.17, 15) is 9.59 Å². The van der Waals surface area contributed by atoms with Gasteiger partial charge in [-0.1, -0.05) is 13.3 Å². The number of rotatable bonds is 7. The van der Waals surface area contributed by atoms with Crippen molar-refractivity contribution in [2.24, 2.45) is 5.92 Å². The van der Waals surface area contributed by atoms with Crippen LogP contribution in [0, 0.1) is 5.92 Å². The van der Waals surface area contributed by atoms with Gasteiger partial charge in [-0.2, -0.15) is 0 Å². The maximum absolute atomic E-state index is 12.0. The van der Waals surface area contributed by atoms with Gasteiger partial charge in [-0.25, -0.2) is 4.98 Å². The maximum atomic E-state index is 12.0. The zero-order chi connectivity index (χ0) is 15.1. The molecule has 0 aliphatic rings. The molecule has 0 saturated heterocycles. The molecule has 20 heavy (non-hydrogen) atoms. The molecular formula is C14H19BrN2O3. The molecule has 5 nitrogen and oxygen atoms in total. The quantitative estimate of drug-likeness (QED) is 0.798. The van der Waals surface area contributed by atoms with E-state index in [1.807, 2.05) is 6.92 Å². The van der Waals surface area contributed by atoms with Crippen molar-refractivity contribution in [3.8, 4) is 0 Å². The Kier molecular flexibility index (Phi) is 6.64. The molecule has 2 atom stereocenters. The molecule has 0 aliphatic heterocycles. The molecule has 0 saturated carbocycles. The fraction of sp³-hybridized carbons (Fsp3) is 0.500. The zero-order valence-corrected chi connectivity index (χ0v) is 13.2. The Morgan fingerprint density at radius 1 is 1.40 bits per heavy atom. The lowest BCUT2D eigenvalue weighted by Crippen LogP contribution is -2.33. The minimum Gasteiger partial charge on any atom is -0.481 e. The van der Waals surface area contributed by atoms with Gasteiger partial charge in [0, 0.05) is 16.7 Å². The highest BCUT2D eigenvalue weighted by molar-refractivity contribution is 9.10. The van der Waals surface area contributed by atoms with Crippen LogP contribution in [0.15, 0.2) is 22.8 Å². The summed E-state index contributed by atoms with van der Waals surface area (Å²) in [6, 6.07) is 3.50. The average molecular weight is 343 g/mol. The number of carbonyl (C=O) groups is 2. The Hall–Kier alpha value is -1.43. The van der Waals surface area contributed by atoms with E-state index in [-0.39, 0.29) is 17.9 Å². The fourth-order valence-electron chi connectivity index (χ4n) is 1.77. The lowest BCUT2D eigenvalue weighted by Gasteiger charge is -2.14. The summed E-state index contributed by atoms with van der Waals surface area (Å²) in [4.78, 5) is 26.7. The van der Waals surface area contributed by atoms with Crippen LogP contribution in [0.2, 0.25) is 0 Å². The molecule has 0 aromatic carbocycles. The molecule has 110 valence electrons. The first-order valence-electron chi connectivity index (χ1n) is 6.56. The van der Waals surface area contributed by atoms with E-state index >= 15 is 0 Å². The van der Waals surface area contributed by atoms with Crippen LogP contribution in [0.4, 0.5) is 0 Å². The van der Waals surface area contributed by atoms with Crippen molar-refractivity contribution in [3.63, 3.8) is 0 Å². The van der Waals surface area contributed by atoms with Gasteiger partial charge >= 0.3 is 5.97 Å². The predicted octanol–water partition coefficient (Wildman–Crippen LogP) is 2.85. The average Bonchev–Trinajstić information content (AvgIpc) is 2.38. The van der Waals surface area contributed by atoms with Crippen molar-refractivity contribution >= 4 is 27.8 Å². The van der Waals surface area contributed by atoms with E-state index in [2.05, 4.69) is 26.2 Å². The Morgan fingerprint density at radius 3 is 2.70 bits per heavy atom. The van der Waals surface area contributed by atoms with E-state index in [0.717, 1.165) is 12.8 Å². The standard InChI is InChI=1S/C14H19BrN2O3/c1-9(14(19)20)5-3-6-10(2)17-13(18)12-11(15)7-4-8-16-12/h4,7-10H,3,5-6H2,1-2H3,(H,17,18)(H,19,20). The van der Waals surface area contributed by atoms with Gasteiger partial charge in [-0.05, 0) is 47.8 Å².